The number of rotatable bonds is 4. The van der Waals surface area contributed by atoms with E-state index in [1.165, 1.54) is 25.7 Å². The van der Waals surface area contributed by atoms with Crippen LogP contribution >= 0.6 is 12.4 Å². The molecule has 1 rings (SSSR count). The van der Waals surface area contributed by atoms with Crippen LogP contribution in [-0.4, -0.2) is 18.0 Å². The molecule has 4 heteroatoms. The molecule has 1 amide bonds. The highest BCUT2D eigenvalue weighted by atomic mass is 35.5. The summed E-state index contributed by atoms with van der Waals surface area (Å²) in [6.07, 6.45) is 8.86. The monoisotopic (exact) mass is 248 g/mol. The van der Waals surface area contributed by atoms with Crippen molar-refractivity contribution in [2.75, 3.05) is 0 Å². The van der Waals surface area contributed by atoms with Crippen molar-refractivity contribution < 1.29 is 4.79 Å². The molecule has 1 fully saturated rings. The lowest BCUT2D eigenvalue weighted by Crippen LogP contribution is -2.35. The Morgan fingerprint density at radius 1 is 1.31 bits per heavy atom. The number of amides is 1. The molecular weight excluding hydrogens is 224 g/mol. The van der Waals surface area contributed by atoms with Crippen LogP contribution in [0.15, 0.2) is 0 Å². The first-order valence-corrected chi connectivity index (χ1v) is 6.23. The Morgan fingerprint density at radius 2 is 1.88 bits per heavy atom. The van der Waals surface area contributed by atoms with Crippen LogP contribution in [0.4, 0.5) is 0 Å². The van der Waals surface area contributed by atoms with Gasteiger partial charge in [0.25, 0.3) is 0 Å². The Morgan fingerprint density at radius 3 is 2.38 bits per heavy atom. The average molecular weight is 249 g/mol. The molecule has 0 radical (unpaired) electrons. The van der Waals surface area contributed by atoms with Gasteiger partial charge in [-0.3, -0.25) is 4.79 Å². The van der Waals surface area contributed by atoms with Crippen molar-refractivity contribution in [3.8, 4) is 0 Å². The van der Waals surface area contributed by atoms with Gasteiger partial charge in [-0.15, -0.1) is 12.4 Å². The zero-order valence-electron chi connectivity index (χ0n) is 10.2. The number of nitrogens with one attached hydrogen (secondary N) is 1. The second-order valence-electron chi connectivity index (χ2n) is 4.77. The van der Waals surface area contributed by atoms with E-state index in [2.05, 4.69) is 5.32 Å². The first-order chi connectivity index (χ1) is 7.18. The largest absolute Gasteiger partial charge is 0.353 e. The first-order valence-electron chi connectivity index (χ1n) is 6.23. The molecule has 1 aliphatic carbocycles. The normalized spacial score (nSPS) is 19.4. The molecule has 16 heavy (non-hydrogen) atoms. The molecule has 0 aromatic heterocycles. The summed E-state index contributed by atoms with van der Waals surface area (Å²) in [6, 6.07) is 0.554. The van der Waals surface area contributed by atoms with Gasteiger partial charge in [-0.1, -0.05) is 25.7 Å². The minimum Gasteiger partial charge on any atom is -0.353 e. The summed E-state index contributed by atoms with van der Waals surface area (Å²) in [4.78, 5) is 11.6. The third kappa shape index (κ3) is 7.07. The third-order valence-electron chi connectivity index (χ3n) is 3.05. The predicted molar refractivity (Wildman–Crippen MR) is 69.8 cm³/mol. The molecule has 96 valence electrons. The lowest BCUT2D eigenvalue weighted by Gasteiger charge is -2.16. The molecule has 0 heterocycles. The van der Waals surface area contributed by atoms with Gasteiger partial charge >= 0.3 is 0 Å². The van der Waals surface area contributed by atoms with Crippen LogP contribution in [-0.2, 0) is 4.79 Å². The maximum atomic E-state index is 11.6. The summed E-state index contributed by atoms with van der Waals surface area (Å²) in [5.41, 5.74) is 5.62. The molecule has 3 nitrogen and oxygen atoms in total. The zero-order valence-corrected chi connectivity index (χ0v) is 11.0. The summed E-state index contributed by atoms with van der Waals surface area (Å²) < 4.78 is 0. The summed E-state index contributed by atoms with van der Waals surface area (Å²) in [6.45, 7) is 1.94. The van der Waals surface area contributed by atoms with E-state index in [1.807, 2.05) is 6.92 Å². The van der Waals surface area contributed by atoms with E-state index in [0.717, 1.165) is 19.3 Å². The Balaban J connectivity index is 0.00000225. The fraction of sp³-hybridized carbons (Fsp3) is 0.917. The highest BCUT2D eigenvalue weighted by molar-refractivity contribution is 5.85. The van der Waals surface area contributed by atoms with E-state index < -0.39 is 0 Å². The van der Waals surface area contributed by atoms with E-state index in [9.17, 15) is 4.79 Å². The van der Waals surface area contributed by atoms with Crippen molar-refractivity contribution in [1.82, 2.24) is 5.32 Å². The summed E-state index contributed by atoms with van der Waals surface area (Å²) in [7, 11) is 0. The third-order valence-corrected chi connectivity index (χ3v) is 3.05. The molecule has 1 atom stereocenters. The van der Waals surface area contributed by atoms with Gasteiger partial charge in [-0.25, -0.2) is 0 Å². The molecule has 0 bridgehead atoms. The van der Waals surface area contributed by atoms with Gasteiger partial charge in [0.2, 0.25) is 5.91 Å². The number of carbonyl (C=O) groups excluding carboxylic acids is 1. The molecule has 1 aliphatic rings. The van der Waals surface area contributed by atoms with E-state index in [0.29, 0.717) is 12.5 Å². The molecule has 3 N–H and O–H groups in total. The Labute approximate surface area is 105 Å². The van der Waals surface area contributed by atoms with Crippen molar-refractivity contribution >= 4 is 18.3 Å². The molecule has 0 aromatic carbocycles. The van der Waals surface area contributed by atoms with E-state index in [-0.39, 0.29) is 24.4 Å². The summed E-state index contributed by atoms with van der Waals surface area (Å²) in [5, 5.41) is 3.12. The second-order valence-corrected chi connectivity index (χ2v) is 4.77. The molecular formula is C12H25ClN2O. The lowest BCUT2D eigenvalue weighted by atomic mass is 10.1. The maximum absolute atomic E-state index is 11.6. The van der Waals surface area contributed by atoms with Crippen molar-refractivity contribution in [2.24, 2.45) is 5.73 Å². The fourth-order valence-corrected chi connectivity index (χ4v) is 2.08. The van der Waals surface area contributed by atoms with E-state index in [1.54, 1.807) is 0 Å². The second kappa shape index (κ2) is 8.82. The number of hydrogen-bond donors (Lipinski definition) is 2. The molecule has 0 aromatic rings. The van der Waals surface area contributed by atoms with Crippen molar-refractivity contribution in [3.05, 3.63) is 0 Å². The van der Waals surface area contributed by atoms with Crippen LogP contribution in [0.1, 0.15) is 58.3 Å². The van der Waals surface area contributed by atoms with Crippen molar-refractivity contribution in [3.63, 3.8) is 0 Å². The minimum atomic E-state index is 0. The summed E-state index contributed by atoms with van der Waals surface area (Å²) in [5.74, 6) is 0.180. The Kier molecular flexibility index (Phi) is 8.67. The highest BCUT2D eigenvalue weighted by Gasteiger charge is 2.14. The standard InChI is InChI=1S/C12H24N2O.ClH/c1-10(13)8-9-12(15)14-11-6-4-2-3-5-7-11;/h10-11H,2-9,13H2,1H3,(H,14,15);1H. The molecule has 0 saturated heterocycles. The molecule has 1 unspecified atom stereocenters. The lowest BCUT2D eigenvalue weighted by molar-refractivity contribution is -0.122. The number of halogens is 1. The first kappa shape index (κ1) is 15.7. The van der Waals surface area contributed by atoms with E-state index in [4.69, 9.17) is 5.73 Å². The SMILES string of the molecule is CC(N)CCC(=O)NC1CCCCCC1.Cl. The van der Waals surface area contributed by atoms with Gasteiger partial charge < -0.3 is 11.1 Å². The molecule has 0 spiro atoms. The molecule has 0 aliphatic heterocycles. The minimum absolute atomic E-state index is 0. The maximum Gasteiger partial charge on any atom is 0.220 e. The highest BCUT2D eigenvalue weighted by Crippen LogP contribution is 2.17. The smallest absolute Gasteiger partial charge is 0.220 e. The van der Waals surface area contributed by atoms with Crippen molar-refractivity contribution in [1.29, 1.82) is 0 Å². The van der Waals surface area contributed by atoms with Gasteiger partial charge in [-0.05, 0) is 26.2 Å². The zero-order chi connectivity index (χ0) is 11.1. The Bertz CT molecular complexity index is 189. The van der Waals surface area contributed by atoms with Crippen LogP contribution in [0.3, 0.4) is 0 Å². The van der Waals surface area contributed by atoms with Crippen LogP contribution in [0.5, 0.6) is 0 Å². The van der Waals surface area contributed by atoms with Crippen LogP contribution in [0.2, 0.25) is 0 Å². The topological polar surface area (TPSA) is 55.1 Å². The molecule has 1 saturated carbocycles. The summed E-state index contributed by atoms with van der Waals surface area (Å²) >= 11 is 0. The predicted octanol–water partition coefficient (Wildman–Crippen LogP) is 2.37. The van der Waals surface area contributed by atoms with Gasteiger partial charge in [0.1, 0.15) is 0 Å². The Hall–Kier alpha value is -0.280. The van der Waals surface area contributed by atoms with Crippen LogP contribution in [0, 0.1) is 0 Å². The average Bonchev–Trinajstić information content (AvgIpc) is 2.43. The van der Waals surface area contributed by atoms with Gasteiger partial charge in [-0.2, -0.15) is 0 Å². The van der Waals surface area contributed by atoms with E-state index >= 15 is 0 Å². The number of carbonyl (C=O) groups is 1. The number of nitrogens with two attached hydrogens (primary N) is 1. The number of hydrogen-bond acceptors (Lipinski definition) is 2. The van der Waals surface area contributed by atoms with Gasteiger partial charge in [0.15, 0.2) is 0 Å². The van der Waals surface area contributed by atoms with Crippen LogP contribution in [0.25, 0.3) is 0 Å². The van der Waals surface area contributed by atoms with Gasteiger partial charge in [0, 0.05) is 18.5 Å². The quantitative estimate of drug-likeness (QED) is 0.751. The van der Waals surface area contributed by atoms with Gasteiger partial charge in [0.05, 0.1) is 0 Å². The van der Waals surface area contributed by atoms with Crippen molar-refractivity contribution in [2.45, 2.75) is 70.4 Å². The fourth-order valence-electron chi connectivity index (χ4n) is 2.08. The van der Waals surface area contributed by atoms with Crippen LogP contribution < -0.4 is 11.1 Å².